The van der Waals surface area contributed by atoms with Crippen molar-refractivity contribution in [2.75, 3.05) is 6.61 Å². The fourth-order valence-corrected chi connectivity index (χ4v) is 3.32. The number of nitrogens with zero attached hydrogens (tertiary/aromatic N) is 1. The summed E-state index contributed by atoms with van der Waals surface area (Å²) in [7, 11) is 0. The van der Waals surface area contributed by atoms with Gasteiger partial charge in [-0.2, -0.15) is 0 Å². The van der Waals surface area contributed by atoms with E-state index in [0.717, 1.165) is 35.0 Å². The minimum absolute atomic E-state index is 0.0816. The minimum atomic E-state index is -0.938. The van der Waals surface area contributed by atoms with E-state index in [1.807, 2.05) is 0 Å². The molecule has 1 fully saturated rings. The van der Waals surface area contributed by atoms with Crippen molar-refractivity contribution in [1.29, 1.82) is 0 Å². The molecule has 1 aromatic rings. The van der Waals surface area contributed by atoms with Crippen molar-refractivity contribution in [3.8, 4) is 0 Å². The Labute approximate surface area is 117 Å². The third kappa shape index (κ3) is 3.42. The van der Waals surface area contributed by atoms with E-state index >= 15 is 0 Å². The van der Waals surface area contributed by atoms with Gasteiger partial charge in [-0.1, -0.05) is 20.8 Å². The second-order valence-electron chi connectivity index (χ2n) is 5.69. The van der Waals surface area contributed by atoms with Gasteiger partial charge in [0.2, 0.25) is 0 Å². The van der Waals surface area contributed by atoms with Gasteiger partial charge < -0.3 is 9.84 Å². The van der Waals surface area contributed by atoms with E-state index in [1.165, 1.54) is 17.4 Å². The van der Waals surface area contributed by atoms with Crippen LogP contribution >= 0.6 is 11.3 Å². The molecule has 1 aliphatic heterocycles. The number of aromatic nitrogens is 1. The summed E-state index contributed by atoms with van der Waals surface area (Å²) < 4.78 is 5.65. The van der Waals surface area contributed by atoms with Gasteiger partial charge in [0.25, 0.3) is 0 Å². The fourth-order valence-electron chi connectivity index (χ4n) is 2.06. The Kier molecular flexibility index (Phi) is 4.06. The first kappa shape index (κ1) is 14.2. The van der Waals surface area contributed by atoms with Crippen LogP contribution in [0.5, 0.6) is 0 Å². The maximum atomic E-state index is 10.7. The lowest BCUT2D eigenvalue weighted by Crippen LogP contribution is -2.13. The third-order valence-corrected chi connectivity index (χ3v) is 4.08. The molecular formula is C14H19NO3S. The van der Waals surface area contributed by atoms with E-state index in [4.69, 9.17) is 14.8 Å². The zero-order valence-corrected chi connectivity index (χ0v) is 12.3. The highest BCUT2D eigenvalue weighted by Gasteiger charge is 2.27. The Bertz CT molecular complexity index is 493. The SMILES string of the molecule is CC(C)(C)c1nc(C2CCCO2)sc1/C=C/C(=O)O. The van der Waals surface area contributed by atoms with E-state index < -0.39 is 5.97 Å². The van der Waals surface area contributed by atoms with Crippen LogP contribution in [0, 0.1) is 0 Å². The number of hydrogen-bond donors (Lipinski definition) is 1. The van der Waals surface area contributed by atoms with E-state index in [0.29, 0.717) is 0 Å². The monoisotopic (exact) mass is 281 g/mol. The summed E-state index contributed by atoms with van der Waals surface area (Å²) in [6.45, 7) is 7.04. The number of thiazole rings is 1. The highest BCUT2D eigenvalue weighted by Crippen LogP contribution is 2.37. The molecule has 2 rings (SSSR count). The molecule has 104 valence electrons. The standard InChI is InChI=1S/C14H19NO3S/c1-14(2,3)12-10(6-7-11(16)17)19-13(15-12)9-5-4-8-18-9/h6-7,9H,4-5,8H2,1-3H3,(H,16,17)/b7-6+. The number of carboxylic acids is 1. The van der Waals surface area contributed by atoms with Gasteiger partial charge in [0, 0.05) is 18.1 Å². The first-order valence-electron chi connectivity index (χ1n) is 6.42. The van der Waals surface area contributed by atoms with E-state index in [1.54, 1.807) is 6.08 Å². The minimum Gasteiger partial charge on any atom is -0.478 e. The zero-order chi connectivity index (χ0) is 14.0. The largest absolute Gasteiger partial charge is 0.478 e. The molecule has 0 aliphatic carbocycles. The molecule has 2 heterocycles. The number of hydrogen-bond acceptors (Lipinski definition) is 4. The molecule has 5 heteroatoms. The molecule has 0 radical (unpaired) electrons. The number of aliphatic carboxylic acids is 1. The summed E-state index contributed by atoms with van der Waals surface area (Å²) in [4.78, 5) is 16.3. The van der Waals surface area contributed by atoms with Gasteiger partial charge in [-0.3, -0.25) is 0 Å². The van der Waals surface area contributed by atoms with Crippen molar-refractivity contribution in [2.45, 2.75) is 45.1 Å². The Balaban J connectivity index is 2.36. The summed E-state index contributed by atoms with van der Waals surface area (Å²) in [5.41, 5.74) is 0.839. The first-order valence-corrected chi connectivity index (χ1v) is 7.23. The molecular weight excluding hydrogens is 262 g/mol. The topological polar surface area (TPSA) is 59.4 Å². The molecule has 0 saturated carbocycles. The van der Waals surface area contributed by atoms with E-state index in [2.05, 4.69) is 20.8 Å². The van der Waals surface area contributed by atoms with Crippen molar-refractivity contribution in [3.63, 3.8) is 0 Å². The van der Waals surface area contributed by atoms with Gasteiger partial charge in [0.1, 0.15) is 11.1 Å². The van der Waals surface area contributed by atoms with Crippen LogP contribution < -0.4 is 0 Å². The number of ether oxygens (including phenoxy) is 1. The maximum absolute atomic E-state index is 10.7. The van der Waals surface area contributed by atoms with Gasteiger partial charge in [0.15, 0.2) is 0 Å². The number of carboxylic acid groups (broad SMARTS) is 1. The average Bonchev–Trinajstić information content (AvgIpc) is 2.94. The zero-order valence-electron chi connectivity index (χ0n) is 11.5. The molecule has 1 saturated heterocycles. The number of rotatable bonds is 3. The van der Waals surface area contributed by atoms with Crippen LogP contribution in [-0.4, -0.2) is 22.7 Å². The second kappa shape index (κ2) is 5.43. The normalized spacial score (nSPS) is 20.3. The van der Waals surface area contributed by atoms with Crippen LogP contribution in [0.4, 0.5) is 0 Å². The second-order valence-corrected chi connectivity index (χ2v) is 6.75. The summed E-state index contributed by atoms with van der Waals surface area (Å²) in [6, 6.07) is 0. The molecule has 19 heavy (non-hydrogen) atoms. The molecule has 1 unspecified atom stereocenters. The Morgan fingerprint density at radius 3 is 2.79 bits per heavy atom. The van der Waals surface area contributed by atoms with Crippen molar-refractivity contribution < 1.29 is 14.6 Å². The lowest BCUT2D eigenvalue weighted by Gasteiger charge is -2.16. The maximum Gasteiger partial charge on any atom is 0.328 e. The van der Waals surface area contributed by atoms with Gasteiger partial charge in [-0.05, 0) is 18.9 Å². The molecule has 1 aromatic heterocycles. The quantitative estimate of drug-likeness (QED) is 0.863. The number of carbonyl (C=O) groups is 1. The van der Waals surface area contributed by atoms with Gasteiger partial charge in [-0.25, -0.2) is 9.78 Å². The van der Waals surface area contributed by atoms with Crippen LogP contribution in [0.25, 0.3) is 6.08 Å². The molecule has 0 spiro atoms. The first-order chi connectivity index (χ1) is 8.88. The van der Waals surface area contributed by atoms with Gasteiger partial charge in [0.05, 0.1) is 10.6 Å². The van der Waals surface area contributed by atoms with Gasteiger partial charge in [-0.15, -0.1) is 11.3 Å². The summed E-state index contributed by atoms with van der Waals surface area (Å²) in [5.74, 6) is -0.938. The van der Waals surface area contributed by atoms with Crippen LogP contribution in [-0.2, 0) is 14.9 Å². The molecule has 4 nitrogen and oxygen atoms in total. The predicted molar refractivity (Wildman–Crippen MR) is 75.4 cm³/mol. The van der Waals surface area contributed by atoms with Crippen molar-refractivity contribution in [2.24, 2.45) is 0 Å². The molecule has 0 aromatic carbocycles. The molecule has 1 aliphatic rings. The van der Waals surface area contributed by atoms with Crippen molar-refractivity contribution >= 4 is 23.4 Å². The smallest absolute Gasteiger partial charge is 0.328 e. The summed E-state index contributed by atoms with van der Waals surface area (Å²) in [6.07, 6.45) is 4.95. The van der Waals surface area contributed by atoms with Crippen molar-refractivity contribution in [1.82, 2.24) is 4.98 Å². The fraction of sp³-hybridized carbons (Fsp3) is 0.571. The van der Waals surface area contributed by atoms with Crippen LogP contribution in [0.15, 0.2) is 6.08 Å². The molecule has 1 N–H and O–H groups in total. The Hall–Kier alpha value is -1.20. The van der Waals surface area contributed by atoms with Crippen LogP contribution in [0.2, 0.25) is 0 Å². The van der Waals surface area contributed by atoms with E-state index in [9.17, 15) is 4.79 Å². The predicted octanol–water partition coefficient (Wildman–Crippen LogP) is 3.39. The molecule has 1 atom stereocenters. The van der Waals surface area contributed by atoms with E-state index in [-0.39, 0.29) is 11.5 Å². The molecule has 0 amide bonds. The van der Waals surface area contributed by atoms with Crippen molar-refractivity contribution in [3.05, 3.63) is 21.7 Å². The highest BCUT2D eigenvalue weighted by atomic mass is 32.1. The summed E-state index contributed by atoms with van der Waals surface area (Å²) >= 11 is 1.54. The average molecular weight is 281 g/mol. The lowest BCUT2D eigenvalue weighted by molar-refractivity contribution is -0.131. The highest BCUT2D eigenvalue weighted by molar-refractivity contribution is 7.12. The van der Waals surface area contributed by atoms with Crippen LogP contribution in [0.3, 0.4) is 0 Å². The Morgan fingerprint density at radius 2 is 2.26 bits per heavy atom. The summed E-state index contributed by atoms with van der Waals surface area (Å²) in [5, 5.41) is 9.72. The Morgan fingerprint density at radius 1 is 1.53 bits per heavy atom. The lowest BCUT2D eigenvalue weighted by atomic mass is 9.91. The van der Waals surface area contributed by atoms with Crippen LogP contribution in [0.1, 0.15) is 55.3 Å². The van der Waals surface area contributed by atoms with Gasteiger partial charge >= 0.3 is 5.97 Å². The third-order valence-electron chi connectivity index (χ3n) is 2.96. The molecule has 0 bridgehead atoms.